The molecule has 0 aliphatic heterocycles. The lowest BCUT2D eigenvalue weighted by Gasteiger charge is -2.11. The first-order valence-electron chi connectivity index (χ1n) is 11.1. The van der Waals surface area contributed by atoms with Gasteiger partial charge < -0.3 is 4.42 Å². The zero-order valence-corrected chi connectivity index (χ0v) is 19.9. The molecule has 0 unspecified atom stereocenters. The van der Waals surface area contributed by atoms with Crippen LogP contribution in [0.15, 0.2) is 105 Å². The third-order valence-electron chi connectivity index (χ3n) is 5.36. The zero-order valence-electron chi connectivity index (χ0n) is 19.0. The molecule has 2 heterocycles. The second-order valence-corrected chi connectivity index (χ2v) is 8.74. The lowest BCUT2D eigenvalue weighted by Crippen LogP contribution is -2.15. The highest BCUT2D eigenvalue weighted by atomic mass is 32.2. The van der Waals surface area contributed by atoms with Gasteiger partial charge in [0.25, 0.3) is 5.91 Å². The van der Waals surface area contributed by atoms with Crippen molar-refractivity contribution in [3.05, 3.63) is 102 Å². The Bertz CT molecular complexity index is 1580. The monoisotopic (exact) mass is 492 g/mol. The van der Waals surface area contributed by atoms with Crippen LogP contribution in [0.5, 0.6) is 0 Å². The van der Waals surface area contributed by atoms with E-state index < -0.39 is 5.91 Å². The van der Waals surface area contributed by atoms with Crippen LogP contribution in [0.4, 0.5) is 0 Å². The molecule has 8 nitrogen and oxygen atoms in total. The predicted molar refractivity (Wildman–Crippen MR) is 137 cm³/mol. The molecule has 9 heteroatoms. The summed E-state index contributed by atoms with van der Waals surface area (Å²) in [7, 11) is 0. The van der Waals surface area contributed by atoms with Crippen LogP contribution >= 0.6 is 11.8 Å². The molecule has 0 spiro atoms. The van der Waals surface area contributed by atoms with Gasteiger partial charge in [-0.1, -0.05) is 60.7 Å². The van der Waals surface area contributed by atoms with Crippen LogP contribution in [0.2, 0.25) is 0 Å². The lowest BCUT2D eigenvalue weighted by atomic mass is 10.0. The van der Waals surface area contributed by atoms with Gasteiger partial charge in [0, 0.05) is 12.1 Å². The molecule has 1 amide bonds. The molecule has 0 radical (unpaired) electrons. The Morgan fingerprint density at radius 2 is 1.83 bits per heavy atom. The molecule has 0 bridgehead atoms. The molecule has 0 fully saturated rings. The number of amides is 1. The maximum atomic E-state index is 11.4. The number of hydrogen-bond donors (Lipinski definition) is 1. The van der Waals surface area contributed by atoms with Crippen LogP contribution in [0.25, 0.3) is 16.5 Å². The molecular formula is C27H20N6O2S. The van der Waals surface area contributed by atoms with Gasteiger partial charge in [0.1, 0.15) is 18.0 Å². The number of hydrogen-bond acceptors (Lipinski definition) is 7. The van der Waals surface area contributed by atoms with E-state index in [4.69, 9.17) is 9.68 Å². The van der Waals surface area contributed by atoms with Crippen molar-refractivity contribution in [3.8, 4) is 11.8 Å². The second-order valence-electron chi connectivity index (χ2n) is 7.77. The van der Waals surface area contributed by atoms with Gasteiger partial charge >= 0.3 is 0 Å². The van der Waals surface area contributed by atoms with Gasteiger partial charge in [0.15, 0.2) is 5.09 Å². The maximum absolute atomic E-state index is 11.4. The Kier molecular flexibility index (Phi) is 6.87. The number of furan rings is 1. The first kappa shape index (κ1) is 23.1. The first-order valence-corrected chi connectivity index (χ1v) is 12.0. The zero-order chi connectivity index (χ0) is 24.7. The van der Waals surface area contributed by atoms with Crippen molar-refractivity contribution in [2.45, 2.75) is 23.1 Å². The Morgan fingerprint density at radius 1 is 1.03 bits per heavy atom. The number of fused-ring (bicyclic) bond motifs is 1. The van der Waals surface area contributed by atoms with Crippen LogP contribution in [-0.2, 0) is 11.2 Å². The molecule has 3 aromatic carbocycles. The Morgan fingerprint density at radius 3 is 2.69 bits per heavy atom. The average Bonchev–Trinajstić information content (AvgIpc) is 3.52. The maximum Gasteiger partial charge on any atom is 0.254 e. The van der Waals surface area contributed by atoms with E-state index in [1.54, 1.807) is 18.2 Å². The number of carbonyl (C=O) groups excluding carboxylic acids is 1. The standard InChI is InChI=1S/C27H20N6O2S/c28-16-15-25(34)31-29-18-22-13-14-26(35-22)36-27-32-30-24(33(27)21-10-2-1-3-11-21)17-20-9-6-8-19-7-4-5-12-23(19)20/h1-14,18H,15,17H2,(H,31,34)/b29-18-. The summed E-state index contributed by atoms with van der Waals surface area (Å²) in [5, 5.41) is 25.0. The average molecular weight is 493 g/mol. The summed E-state index contributed by atoms with van der Waals surface area (Å²) < 4.78 is 7.85. The largest absolute Gasteiger partial charge is 0.448 e. The number of hydrazone groups is 1. The van der Waals surface area contributed by atoms with E-state index in [0.29, 0.717) is 22.4 Å². The van der Waals surface area contributed by atoms with Gasteiger partial charge in [-0.05, 0) is 52.4 Å². The summed E-state index contributed by atoms with van der Waals surface area (Å²) in [6.07, 6.45) is 1.74. The van der Waals surface area contributed by atoms with Gasteiger partial charge in [0.05, 0.1) is 12.3 Å². The predicted octanol–water partition coefficient (Wildman–Crippen LogP) is 5.12. The lowest BCUT2D eigenvalue weighted by molar-refractivity contribution is -0.120. The minimum absolute atomic E-state index is 0.257. The summed E-state index contributed by atoms with van der Waals surface area (Å²) in [6, 6.07) is 29.9. The molecule has 5 rings (SSSR count). The van der Waals surface area contributed by atoms with E-state index in [1.807, 2.05) is 47.0 Å². The third-order valence-corrected chi connectivity index (χ3v) is 6.23. The number of nitrogens with zero attached hydrogens (tertiary/aromatic N) is 5. The molecular weight excluding hydrogens is 472 g/mol. The molecule has 0 saturated heterocycles. The fraction of sp³-hybridized carbons (Fsp3) is 0.0741. The summed E-state index contributed by atoms with van der Waals surface area (Å²) in [4.78, 5) is 11.4. The Balaban J connectivity index is 1.42. The smallest absolute Gasteiger partial charge is 0.254 e. The highest BCUT2D eigenvalue weighted by Gasteiger charge is 2.18. The Labute approximate surface area is 211 Å². The summed E-state index contributed by atoms with van der Waals surface area (Å²) in [5.74, 6) is 0.787. The fourth-order valence-corrected chi connectivity index (χ4v) is 4.60. The molecule has 1 N–H and O–H groups in total. The van der Waals surface area contributed by atoms with Crippen molar-refractivity contribution >= 4 is 34.7 Å². The fourth-order valence-electron chi connectivity index (χ4n) is 3.76. The molecule has 2 aromatic heterocycles. The first-order chi connectivity index (χ1) is 17.7. The van der Waals surface area contributed by atoms with Crippen LogP contribution < -0.4 is 5.43 Å². The van der Waals surface area contributed by atoms with E-state index in [1.165, 1.54) is 34.3 Å². The van der Waals surface area contributed by atoms with Crippen LogP contribution in [0.1, 0.15) is 23.6 Å². The van der Waals surface area contributed by atoms with E-state index >= 15 is 0 Å². The van der Waals surface area contributed by atoms with Crippen molar-refractivity contribution in [2.75, 3.05) is 0 Å². The molecule has 0 aliphatic rings. The molecule has 5 aromatic rings. The SMILES string of the molecule is N#CCC(=O)N/N=C\c1ccc(Sc2nnc(Cc3cccc4ccccc34)n2-c2ccccc2)o1. The normalized spacial score (nSPS) is 11.1. The number of para-hydroxylation sites is 1. The minimum atomic E-state index is -0.482. The molecule has 176 valence electrons. The van der Waals surface area contributed by atoms with Gasteiger partial charge in [-0.2, -0.15) is 10.4 Å². The third kappa shape index (κ3) is 5.19. The van der Waals surface area contributed by atoms with E-state index in [2.05, 4.69) is 51.1 Å². The summed E-state index contributed by atoms with van der Waals surface area (Å²) in [5.41, 5.74) is 4.40. The van der Waals surface area contributed by atoms with Gasteiger partial charge in [-0.25, -0.2) is 5.43 Å². The van der Waals surface area contributed by atoms with Crippen LogP contribution in [-0.4, -0.2) is 26.9 Å². The van der Waals surface area contributed by atoms with Crippen molar-refractivity contribution < 1.29 is 9.21 Å². The molecule has 0 atom stereocenters. The number of benzene rings is 3. The highest BCUT2D eigenvalue weighted by molar-refractivity contribution is 7.99. The number of rotatable bonds is 8. The minimum Gasteiger partial charge on any atom is -0.448 e. The molecule has 0 aliphatic carbocycles. The van der Waals surface area contributed by atoms with Gasteiger partial charge in [-0.15, -0.1) is 10.2 Å². The quantitative estimate of drug-likeness (QED) is 0.238. The number of nitriles is 1. The summed E-state index contributed by atoms with van der Waals surface area (Å²) >= 11 is 1.34. The van der Waals surface area contributed by atoms with Crippen LogP contribution in [0.3, 0.4) is 0 Å². The number of nitrogens with one attached hydrogen (secondary N) is 1. The van der Waals surface area contributed by atoms with Crippen molar-refractivity contribution in [1.82, 2.24) is 20.2 Å². The van der Waals surface area contributed by atoms with E-state index in [-0.39, 0.29) is 6.42 Å². The summed E-state index contributed by atoms with van der Waals surface area (Å²) in [6.45, 7) is 0. The van der Waals surface area contributed by atoms with Crippen molar-refractivity contribution in [1.29, 1.82) is 5.26 Å². The molecule has 0 saturated carbocycles. The van der Waals surface area contributed by atoms with Gasteiger partial charge in [-0.3, -0.25) is 9.36 Å². The number of aromatic nitrogens is 3. The van der Waals surface area contributed by atoms with Gasteiger partial charge in [0.2, 0.25) is 5.16 Å². The highest BCUT2D eigenvalue weighted by Crippen LogP contribution is 2.31. The second kappa shape index (κ2) is 10.7. The molecule has 36 heavy (non-hydrogen) atoms. The van der Waals surface area contributed by atoms with E-state index in [0.717, 1.165) is 11.5 Å². The van der Waals surface area contributed by atoms with Crippen molar-refractivity contribution in [3.63, 3.8) is 0 Å². The Hall–Kier alpha value is -4.68. The number of carbonyl (C=O) groups is 1. The topological polar surface area (TPSA) is 109 Å². The van der Waals surface area contributed by atoms with E-state index in [9.17, 15) is 4.79 Å². The van der Waals surface area contributed by atoms with Crippen LogP contribution in [0, 0.1) is 11.3 Å². The van der Waals surface area contributed by atoms with Crippen molar-refractivity contribution in [2.24, 2.45) is 5.10 Å².